The van der Waals surface area contributed by atoms with Crippen molar-refractivity contribution in [3.63, 3.8) is 0 Å². The van der Waals surface area contributed by atoms with Crippen LogP contribution in [0, 0.1) is 0 Å². The lowest BCUT2D eigenvalue weighted by Crippen LogP contribution is -2.30. The van der Waals surface area contributed by atoms with E-state index in [1.54, 1.807) is 0 Å². The molecule has 0 radical (unpaired) electrons. The zero-order chi connectivity index (χ0) is 17.7. The average Bonchev–Trinajstić information content (AvgIpc) is 2.42. The van der Waals surface area contributed by atoms with E-state index in [1.807, 2.05) is 27.7 Å². The highest BCUT2D eigenvalue weighted by atomic mass is 32.2. The smallest absolute Gasteiger partial charge is 0.335 e. The van der Waals surface area contributed by atoms with Crippen molar-refractivity contribution >= 4 is 21.7 Å². The van der Waals surface area contributed by atoms with Crippen LogP contribution in [0.25, 0.3) is 0 Å². The van der Waals surface area contributed by atoms with Crippen LogP contribution in [0.4, 0.5) is 5.69 Å². The van der Waals surface area contributed by atoms with Gasteiger partial charge in [-0.05, 0) is 45.4 Å². The molecule has 0 atom stereocenters. The van der Waals surface area contributed by atoms with Crippen molar-refractivity contribution in [1.29, 1.82) is 0 Å². The highest BCUT2D eigenvalue weighted by molar-refractivity contribution is 7.89. The molecule has 1 aromatic carbocycles. The van der Waals surface area contributed by atoms with Crippen LogP contribution in [0.1, 0.15) is 57.3 Å². The zero-order valence-electron chi connectivity index (χ0n) is 14.1. The predicted octanol–water partition coefficient (Wildman–Crippen LogP) is 3.06. The quantitative estimate of drug-likeness (QED) is 0.631. The van der Waals surface area contributed by atoms with Gasteiger partial charge >= 0.3 is 5.97 Å². The van der Waals surface area contributed by atoms with E-state index in [0.29, 0.717) is 12.2 Å². The summed E-state index contributed by atoms with van der Waals surface area (Å²) in [6.07, 6.45) is 2.67. The van der Waals surface area contributed by atoms with Gasteiger partial charge in [-0.2, -0.15) is 0 Å². The Labute approximate surface area is 138 Å². The van der Waals surface area contributed by atoms with Gasteiger partial charge in [0.1, 0.15) is 4.90 Å². The Morgan fingerprint density at radius 1 is 1.22 bits per heavy atom. The van der Waals surface area contributed by atoms with Crippen molar-refractivity contribution in [2.75, 3.05) is 11.9 Å². The SMILES string of the molecule is CCCCCNS(=O)(=O)c1cc(C(=O)O)ccc1NC(C)(C)C. The summed E-state index contributed by atoms with van der Waals surface area (Å²) in [6, 6.07) is 4.08. The second-order valence-electron chi connectivity index (χ2n) is 6.50. The maximum absolute atomic E-state index is 12.5. The predicted molar refractivity (Wildman–Crippen MR) is 91.5 cm³/mol. The van der Waals surface area contributed by atoms with E-state index in [2.05, 4.69) is 10.0 Å². The summed E-state index contributed by atoms with van der Waals surface area (Å²) in [6.45, 7) is 8.09. The van der Waals surface area contributed by atoms with Gasteiger partial charge in [-0.15, -0.1) is 0 Å². The molecule has 130 valence electrons. The molecular formula is C16H26N2O4S. The van der Waals surface area contributed by atoms with Crippen LogP contribution in [0.5, 0.6) is 0 Å². The van der Waals surface area contributed by atoms with Gasteiger partial charge in [0, 0.05) is 12.1 Å². The molecular weight excluding hydrogens is 316 g/mol. The number of hydrogen-bond acceptors (Lipinski definition) is 4. The lowest BCUT2D eigenvalue weighted by molar-refractivity contribution is 0.0696. The molecule has 6 nitrogen and oxygen atoms in total. The molecule has 0 bridgehead atoms. The minimum atomic E-state index is -3.78. The molecule has 3 N–H and O–H groups in total. The van der Waals surface area contributed by atoms with Gasteiger partial charge in [-0.3, -0.25) is 0 Å². The van der Waals surface area contributed by atoms with Crippen LogP contribution >= 0.6 is 0 Å². The first-order valence-corrected chi connectivity index (χ1v) is 9.20. The summed E-state index contributed by atoms with van der Waals surface area (Å²) in [5.74, 6) is -1.16. The summed E-state index contributed by atoms with van der Waals surface area (Å²) >= 11 is 0. The normalized spacial score (nSPS) is 12.2. The molecule has 0 unspecified atom stereocenters. The second kappa shape index (κ2) is 7.79. The Bertz CT molecular complexity index is 649. The fraction of sp³-hybridized carbons (Fsp3) is 0.562. The van der Waals surface area contributed by atoms with E-state index in [1.165, 1.54) is 18.2 Å². The first-order valence-electron chi connectivity index (χ1n) is 7.72. The number of hydrogen-bond donors (Lipinski definition) is 3. The summed E-state index contributed by atoms with van der Waals surface area (Å²) in [4.78, 5) is 11.1. The average molecular weight is 342 g/mol. The van der Waals surface area contributed by atoms with Crippen molar-refractivity contribution in [1.82, 2.24) is 4.72 Å². The van der Waals surface area contributed by atoms with Crippen LogP contribution in [-0.2, 0) is 10.0 Å². The third kappa shape index (κ3) is 6.19. The van der Waals surface area contributed by atoms with E-state index >= 15 is 0 Å². The zero-order valence-corrected chi connectivity index (χ0v) is 15.0. The molecule has 1 rings (SSSR count). The second-order valence-corrected chi connectivity index (χ2v) is 8.23. The molecule has 0 saturated heterocycles. The third-order valence-electron chi connectivity index (χ3n) is 3.10. The van der Waals surface area contributed by atoms with Gasteiger partial charge < -0.3 is 10.4 Å². The molecule has 0 aliphatic rings. The van der Waals surface area contributed by atoms with E-state index in [-0.39, 0.29) is 16.0 Å². The first-order chi connectivity index (χ1) is 10.6. The van der Waals surface area contributed by atoms with Crippen molar-refractivity contribution in [2.24, 2.45) is 0 Å². The molecule has 7 heteroatoms. The Morgan fingerprint density at radius 3 is 2.39 bits per heavy atom. The van der Waals surface area contributed by atoms with Crippen molar-refractivity contribution in [3.8, 4) is 0 Å². The maximum atomic E-state index is 12.5. The van der Waals surface area contributed by atoms with Gasteiger partial charge in [0.25, 0.3) is 0 Å². The monoisotopic (exact) mass is 342 g/mol. The van der Waals surface area contributed by atoms with Gasteiger partial charge in [0.15, 0.2) is 0 Å². The number of carboxylic acids is 1. The summed E-state index contributed by atoms with van der Waals surface area (Å²) < 4.78 is 27.6. The summed E-state index contributed by atoms with van der Waals surface area (Å²) in [5.41, 5.74) is -0.0130. The number of carboxylic acid groups (broad SMARTS) is 1. The molecule has 23 heavy (non-hydrogen) atoms. The molecule has 1 aromatic rings. The third-order valence-corrected chi connectivity index (χ3v) is 4.60. The number of anilines is 1. The number of nitrogens with one attached hydrogen (secondary N) is 2. The van der Waals surface area contributed by atoms with Crippen LogP contribution < -0.4 is 10.0 Å². The van der Waals surface area contributed by atoms with Crippen molar-refractivity contribution in [2.45, 2.75) is 57.4 Å². The molecule has 0 aliphatic carbocycles. The van der Waals surface area contributed by atoms with Gasteiger partial charge in [0.2, 0.25) is 10.0 Å². The van der Waals surface area contributed by atoms with Crippen LogP contribution in [-0.4, -0.2) is 31.6 Å². The molecule has 0 spiro atoms. The number of sulfonamides is 1. The lowest BCUT2D eigenvalue weighted by Gasteiger charge is -2.24. The van der Waals surface area contributed by atoms with Crippen molar-refractivity contribution < 1.29 is 18.3 Å². The standard InChI is InChI=1S/C16H26N2O4S/c1-5-6-7-10-17-23(21,22)14-11-12(15(19)20)8-9-13(14)18-16(2,3)4/h8-9,11,17-18H,5-7,10H2,1-4H3,(H,19,20). The van der Waals surface area contributed by atoms with E-state index < -0.39 is 16.0 Å². The van der Waals surface area contributed by atoms with Crippen LogP contribution in [0.2, 0.25) is 0 Å². The maximum Gasteiger partial charge on any atom is 0.335 e. The molecule has 0 amide bonds. The Balaban J connectivity index is 3.17. The van der Waals surface area contributed by atoms with Gasteiger partial charge in [-0.1, -0.05) is 19.8 Å². The minimum Gasteiger partial charge on any atom is -0.478 e. The Kier molecular flexibility index (Phi) is 6.58. The van der Waals surface area contributed by atoms with Gasteiger partial charge in [0.05, 0.1) is 11.3 Å². The molecule has 0 saturated carbocycles. The number of unbranched alkanes of at least 4 members (excludes halogenated alkanes) is 2. The fourth-order valence-corrected chi connectivity index (χ4v) is 3.30. The number of aromatic carboxylic acids is 1. The molecule has 0 aliphatic heterocycles. The van der Waals surface area contributed by atoms with Crippen molar-refractivity contribution in [3.05, 3.63) is 23.8 Å². The van der Waals surface area contributed by atoms with Gasteiger partial charge in [-0.25, -0.2) is 17.9 Å². The largest absolute Gasteiger partial charge is 0.478 e. The van der Waals surface area contributed by atoms with E-state index in [4.69, 9.17) is 5.11 Å². The number of carbonyl (C=O) groups is 1. The summed E-state index contributed by atoms with van der Waals surface area (Å²) in [7, 11) is -3.78. The van der Waals surface area contributed by atoms with E-state index in [9.17, 15) is 13.2 Å². The highest BCUT2D eigenvalue weighted by Gasteiger charge is 2.22. The summed E-state index contributed by atoms with van der Waals surface area (Å²) in [5, 5.41) is 12.2. The minimum absolute atomic E-state index is 0.0381. The van der Waals surface area contributed by atoms with E-state index in [0.717, 1.165) is 19.3 Å². The number of benzene rings is 1. The number of rotatable bonds is 8. The van der Waals surface area contributed by atoms with Crippen LogP contribution in [0.3, 0.4) is 0 Å². The lowest BCUT2D eigenvalue weighted by atomic mass is 10.1. The molecule has 0 aromatic heterocycles. The highest BCUT2D eigenvalue weighted by Crippen LogP contribution is 2.26. The Hall–Kier alpha value is -1.60. The topological polar surface area (TPSA) is 95.5 Å². The fourth-order valence-electron chi connectivity index (χ4n) is 2.04. The Morgan fingerprint density at radius 2 is 1.87 bits per heavy atom. The molecule has 0 heterocycles. The van der Waals surface area contributed by atoms with Crippen LogP contribution in [0.15, 0.2) is 23.1 Å². The first kappa shape index (κ1) is 19.4. The molecule has 0 fully saturated rings.